The van der Waals surface area contributed by atoms with Crippen molar-refractivity contribution in [1.82, 2.24) is 16.1 Å². The van der Waals surface area contributed by atoms with Crippen LogP contribution in [-0.4, -0.2) is 29.7 Å². The Balaban J connectivity index is 1.57. The average molecular weight is 451 g/mol. The lowest BCUT2D eigenvalue weighted by Crippen LogP contribution is -2.44. The zero-order valence-electron chi connectivity index (χ0n) is 19.0. The molecule has 1 aliphatic carbocycles. The standard InChI is InChI=1S/C26H34N4O3/c31-24(30-33)15-9-3-8-14-23(25(21-16-17-21)28-22-12-6-2-7-13-22)29-26(32)27-19-18-20-10-4-1-5-11-20/h1-2,4-7,10-13,23,28,33H,3,8-9,14-19H2,(H,30,31)(H2,27,29,32)/t23-/m0/s1. The van der Waals surface area contributed by atoms with Gasteiger partial charge >= 0.3 is 6.03 Å². The van der Waals surface area contributed by atoms with Crippen LogP contribution in [0.5, 0.6) is 0 Å². The molecule has 7 heteroatoms. The zero-order valence-corrected chi connectivity index (χ0v) is 19.0. The molecule has 2 aromatic carbocycles. The molecule has 0 radical (unpaired) electrons. The van der Waals surface area contributed by atoms with Crippen LogP contribution in [0.1, 0.15) is 50.5 Å². The Bertz CT molecular complexity index is 910. The van der Waals surface area contributed by atoms with Gasteiger partial charge in [0.25, 0.3) is 0 Å². The van der Waals surface area contributed by atoms with E-state index in [1.807, 2.05) is 48.5 Å². The summed E-state index contributed by atoms with van der Waals surface area (Å²) in [5.74, 6) is -0.367. The number of para-hydroxylation sites is 1. The minimum absolute atomic E-state index is 0.133. The zero-order chi connectivity index (χ0) is 23.3. The van der Waals surface area contributed by atoms with Gasteiger partial charge in [0, 0.05) is 24.4 Å². The second-order valence-electron chi connectivity index (χ2n) is 8.33. The highest BCUT2D eigenvalue weighted by Gasteiger charge is 2.26. The number of hydrogen-bond donors (Lipinski definition) is 5. The number of allylic oxidation sites excluding steroid dienone is 1. The van der Waals surface area contributed by atoms with Gasteiger partial charge in [-0.05, 0) is 55.4 Å². The number of anilines is 1. The molecule has 1 saturated carbocycles. The number of hydrogen-bond acceptors (Lipinski definition) is 4. The normalized spacial score (nSPS) is 13.1. The van der Waals surface area contributed by atoms with E-state index in [4.69, 9.17) is 5.21 Å². The first kappa shape index (κ1) is 24.3. The molecule has 7 nitrogen and oxygen atoms in total. The molecule has 1 aliphatic rings. The Morgan fingerprint density at radius 2 is 1.61 bits per heavy atom. The van der Waals surface area contributed by atoms with Gasteiger partial charge in [-0.15, -0.1) is 0 Å². The second kappa shape index (κ2) is 13.3. The van der Waals surface area contributed by atoms with Gasteiger partial charge in [-0.2, -0.15) is 0 Å². The minimum Gasteiger partial charge on any atom is -0.357 e. The number of unbranched alkanes of at least 4 members (excludes halogenated alkanes) is 2. The summed E-state index contributed by atoms with van der Waals surface area (Å²) in [6.45, 7) is 0.566. The van der Waals surface area contributed by atoms with E-state index in [0.717, 1.165) is 49.9 Å². The maximum absolute atomic E-state index is 12.7. The number of nitrogens with one attached hydrogen (secondary N) is 4. The van der Waals surface area contributed by atoms with Crippen LogP contribution in [0.3, 0.4) is 0 Å². The maximum atomic E-state index is 12.7. The molecule has 5 N–H and O–H groups in total. The van der Waals surface area contributed by atoms with Crippen molar-refractivity contribution < 1.29 is 14.8 Å². The molecule has 3 amide bonds. The van der Waals surface area contributed by atoms with Crippen molar-refractivity contribution >= 4 is 17.6 Å². The van der Waals surface area contributed by atoms with Gasteiger partial charge in [0.05, 0.1) is 6.04 Å². The summed E-state index contributed by atoms with van der Waals surface area (Å²) in [7, 11) is 0. The molecular formula is C26H34N4O3. The molecule has 0 heterocycles. The van der Waals surface area contributed by atoms with Gasteiger partial charge in [-0.25, -0.2) is 10.3 Å². The van der Waals surface area contributed by atoms with Crippen molar-refractivity contribution in [2.45, 2.75) is 57.4 Å². The molecule has 1 fully saturated rings. The van der Waals surface area contributed by atoms with Crippen LogP contribution < -0.4 is 21.4 Å². The third-order valence-electron chi connectivity index (χ3n) is 5.65. The second-order valence-corrected chi connectivity index (χ2v) is 8.33. The van der Waals surface area contributed by atoms with Gasteiger partial charge in [0.15, 0.2) is 0 Å². The van der Waals surface area contributed by atoms with Crippen LogP contribution in [0.2, 0.25) is 0 Å². The topological polar surface area (TPSA) is 102 Å². The number of urea groups is 1. The lowest BCUT2D eigenvalue weighted by molar-refractivity contribution is -0.129. The highest BCUT2D eigenvalue weighted by molar-refractivity contribution is 5.75. The van der Waals surface area contributed by atoms with Crippen molar-refractivity contribution in [3.8, 4) is 0 Å². The molecular weight excluding hydrogens is 416 g/mol. The van der Waals surface area contributed by atoms with Gasteiger partial charge in [-0.3, -0.25) is 10.0 Å². The predicted molar refractivity (Wildman–Crippen MR) is 130 cm³/mol. The van der Waals surface area contributed by atoms with E-state index in [1.165, 1.54) is 11.1 Å². The lowest BCUT2D eigenvalue weighted by Gasteiger charge is -2.24. The summed E-state index contributed by atoms with van der Waals surface area (Å²) < 4.78 is 0. The van der Waals surface area contributed by atoms with Crippen molar-refractivity contribution in [3.63, 3.8) is 0 Å². The molecule has 0 aliphatic heterocycles. The predicted octanol–water partition coefficient (Wildman–Crippen LogP) is 4.51. The Hall–Kier alpha value is -3.32. The summed E-state index contributed by atoms with van der Waals surface area (Å²) in [6, 6.07) is 19.8. The summed E-state index contributed by atoms with van der Waals surface area (Å²) >= 11 is 0. The average Bonchev–Trinajstić information content (AvgIpc) is 3.68. The molecule has 176 valence electrons. The molecule has 3 rings (SSSR count). The molecule has 0 aromatic heterocycles. The fraction of sp³-hybridized carbons (Fsp3) is 0.385. The maximum Gasteiger partial charge on any atom is 0.315 e. The molecule has 2 aromatic rings. The highest BCUT2D eigenvalue weighted by atomic mass is 16.5. The first-order valence-corrected chi connectivity index (χ1v) is 11.7. The Morgan fingerprint density at radius 3 is 2.27 bits per heavy atom. The summed E-state index contributed by atoms with van der Waals surface area (Å²) in [6.07, 6.45) is 6.33. The van der Waals surface area contributed by atoms with Gasteiger partial charge in [-0.1, -0.05) is 61.4 Å². The van der Waals surface area contributed by atoms with E-state index in [2.05, 4.69) is 28.1 Å². The monoisotopic (exact) mass is 450 g/mol. The third-order valence-corrected chi connectivity index (χ3v) is 5.65. The summed E-state index contributed by atoms with van der Waals surface area (Å²) in [5, 5.41) is 18.3. The van der Waals surface area contributed by atoms with E-state index in [9.17, 15) is 9.59 Å². The number of hydroxylamine groups is 1. The number of amides is 3. The number of rotatable bonds is 13. The van der Waals surface area contributed by atoms with E-state index < -0.39 is 0 Å². The fourth-order valence-corrected chi connectivity index (χ4v) is 3.76. The van der Waals surface area contributed by atoms with E-state index in [1.54, 1.807) is 5.48 Å². The largest absolute Gasteiger partial charge is 0.357 e. The molecule has 0 bridgehead atoms. The minimum atomic E-state index is -0.367. The fourth-order valence-electron chi connectivity index (χ4n) is 3.76. The molecule has 0 saturated heterocycles. The van der Waals surface area contributed by atoms with Gasteiger partial charge in [0.1, 0.15) is 0 Å². The van der Waals surface area contributed by atoms with Gasteiger partial charge in [0.2, 0.25) is 5.91 Å². The van der Waals surface area contributed by atoms with Crippen LogP contribution in [0.25, 0.3) is 0 Å². The highest BCUT2D eigenvalue weighted by Crippen LogP contribution is 2.34. The van der Waals surface area contributed by atoms with Crippen LogP contribution >= 0.6 is 0 Å². The van der Waals surface area contributed by atoms with Crippen molar-refractivity contribution in [2.75, 3.05) is 11.9 Å². The molecule has 33 heavy (non-hydrogen) atoms. The lowest BCUT2D eigenvalue weighted by atomic mass is 10.0. The van der Waals surface area contributed by atoms with Crippen LogP contribution in [0, 0.1) is 0 Å². The number of benzene rings is 2. The van der Waals surface area contributed by atoms with Crippen molar-refractivity contribution in [2.24, 2.45) is 0 Å². The smallest absolute Gasteiger partial charge is 0.315 e. The van der Waals surface area contributed by atoms with E-state index in [-0.39, 0.29) is 18.0 Å². The Labute approximate surface area is 195 Å². The van der Waals surface area contributed by atoms with Crippen LogP contribution in [0.4, 0.5) is 10.5 Å². The molecule has 0 spiro atoms. The number of carbonyl (C=O) groups is 2. The number of carbonyl (C=O) groups excluding carboxylic acids is 2. The molecule has 0 unspecified atom stereocenters. The first-order valence-electron chi connectivity index (χ1n) is 11.7. The SMILES string of the molecule is O=C(CCCCC[C@H](NC(=O)NCCc1ccccc1)C(Nc1ccccc1)=C1CC1)NO. The van der Waals surface area contributed by atoms with Crippen molar-refractivity contribution in [3.05, 3.63) is 77.5 Å². The Kier molecular flexibility index (Phi) is 9.79. The quantitative estimate of drug-likeness (QED) is 0.176. The van der Waals surface area contributed by atoms with Crippen LogP contribution in [0.15, 0.2) is 71.9 Å². The first-order chi connectivity index (χ1) is 16.2. The summed E-state index contributed by atoms with van der Waals surface area (Å²) in [4.78, 5) is 23.9. The third kappa shape index (κ3) is 8.98. The van der Waals surface area contributed by atoms with Crippen molar-refractivity contribution in [1.29, 1.82) is 0 Å². The molecule has 1 atom stereocenters. The van der Waals surface area contributed by atoms with E-state index >= 15 is 0 Å². The Morgan fingerprint density at radius 1 is 0.909 bits per heavy atom. The van der Waals surface area contributed by atoms with Gasteiger partial charge < -0.3 is 16.0 Å². The van der Waals surface area contributed by atoms with E-state index in [0.29, 0.717) is 19.4 Å². The summed E-state index contributed by atoms with van der Waals surface area (Å²) in [5.41, 5.74) is 6.28. The van der Waals surface area contributed by atoms with Crippen LogP contribution in [-0.2, 0) is 11.2 Å².